The zero-order chi connectivity index (χ0) is 24.7. The van der Waals surface area contributed by atoms with E-state index in [2.05, 4.69) is 20.6 Å². The zero-order valence-corrected chi connectivity index (χ0v) is 23.0. The van der Waals surface area contributed by atoms with Crippen LogP contribution >= 0.6 is 35.6 Å². The smallest absolute Gasteiger partial charge is 0.342 e. The quantitative estimate of drug-likeness (QED) is 0.176. The van der Waals surface area contributed by atoms with Crippen molar-refractivity contribution >= 4 is 47.3 Å². The van der Waals surface area contributed by atoms with Gasteiger partial charge in [-0.05, 0) is 42.3 Å². The summed E-state index contributed by atoms with van der Waals surface area (Å²) in [6.07, 6.45) is 0.538. The summed E-state index contributed by atoms with van der Waals surface area (Å²) in [6, 6.07) is 8.50. The zero-order valence-electron chi connectivity index (χ0n) is 19.1. The molecule has 0 fully saturated rings. The summed E-state index contributed by atoms with van der Waals surface area (Å²) in [5.74, 6) is -0.707. The number of aromatic amines is 2. The van der Waals surface area contributed by atoms with E-state index in [1.54, 1.807) is 24.3 Å². The summed E-state index contributed by atoms with van der Waals surface area (Å²) in [5.41, 5.74) is 6.80. The van der Waals surface area contributed by atoms with E-state index in [0.717, 1.165) is 11.1 Å². The number of carbonyl (C=O) groups excluding carboxylic acids is 1. The Morgan fingerprint density at radius 2 is 1.89 bits per heavy atom. The van der Waals surface area contributed by atoms with E-state index < -0.39 is 23.9 Å². The summed E-state index contributed by atoms with van der Waals surface area (Å²) in [6.45, 7) is 0.268. The van der Waals surface area contributed by atoms with E-state index in [0.29, 0.717) is 18.0 Å². The SMILES string of the molecule is Cl.NCCc1ccc(Cl)cc1CNC(=O)C[n+]1cc(Cl)[nH]c(=O)c1NC(c1cccc[nH+]1)C(F)F.[Cl-].[Cl-]. The Balaban J connectivity index is 0.00000432. The molecule has 3 rings (SSSR count). The highest BCUT2D eigenvalue weighted by Crippen LogP contribution is 2.20. The Kier molecular flexibility index (Phi) is 15.6. The van der Waals surface area contributed by atoms with E-state index in [9.17, 15) is 18.4 Å². The first kappa shape index (κ1) is 34.8. The molecule has 37 heavy (non-hydrogen) atoms. The Hall–Kier alpha value is -2.21. The maximum atomic E-state index is 13.8. The standard InChI is InChI=1S/C22H22Cl2F2N6O2.3ClH/c23-15-5-4-13(6-7-27)14(9-15)10-29-18(33)12-32-11-17(24)30-22(34)21(32)31-19(20(25)26)16-3-1-2-8-28-16;;;/h1-5,8-9,11,19-20H,6-7,10,12,27H2,(H2,29,30,33,34);3*1H. The molecule has 1 unspecified atom stereocenters. The van der Waals surface area contributed by atoms with Crippen molar-refractivity contribution in [2.24, 2.45) is 5.73 Å². The molecular formula is C22H25Cl5F2N6O2. The van der Waals surface area contributed by atoms with Crippen LogP contribution in [0, 0.1) is 0 Å². The fraction of sp³-hybridized carbons (Fsp3) is 0.273. The van der Waals surface area contributed by atoms with Crippen LogP contribution < -0.4 is 56.3 Å². The molecule has 3 aromatic rings. The molecule has 1 aromatic carbocycles. The number of carbonyl (C=O) groups is 1. The van der Waals surface area contributed by atoms with Crippen LogP contribution in [0.3, 0.4) is 0 Å². The summed E-state index contributed by atoms with van der Waals surface area (Å²) in [5, 5.41) is 5.75. The topological polar surface area (TPSA) is 118 Å². The largest absolute Gasteiger partial charge is 1.00 e. The van der Waals surface area contributed by atoms with Gasteiger partial charge in [-0.25, -0.2) is 18.3 Å². The highest BCUT2D eigenvalue weighted by Gasteiger charge is 2.35. The highest BCUT2D eigenvalue weighted by atomic mass is 35.5. The summed E-state index contributed by atoms with van der Waals surface area (Å²) < 4.78 is 28.8. The van der Waals surface area contributed by atoms with Gasteiger partial charge >= 0.3 is 11.4 Å². The Labute approximate surface area is 240 Å². The average Bonchev–Trinajstić information content (AvgIpc) is 2.79. The van der Waals surface area contributed by atoms with E-state index in [1.165, 1.54) is 23.0 Å². The second kappa shape index (κ2) is 16.6. The fourth-order valence-electron chi connectivity index (χ4n) is 3.39. The molecule has 0 saturated carbocycles. The van der Waals surface area contributed by atoms with Crippen molar-refractivity contribution in [3.05, 3.63) is 86.1 Å². The van der Waals surface area contributed by atoms with Crippen molar-refractivity contribution in [3.63, 3.8) is 0 Å². The van der Waals surface area contributed by atoms with Crippen molar-refractivity contribution in [1.82, 2.24) is 10.3 Å². The van der Waals surface area contributed by atoms with Gasteiger partial charge in [0.1, 0.15) is 11.3 Å². The van der Waals surface area contributed by atoms with Gasteiger partial charge in [-0.3, -0.25) is 14.9 Å². The van der Waals surface area contributed by atoms with Gasteiger partial charge in [0.15, 0.2) is 12.7 Å². The van der Waals surface area contributed by atoms with Gasteiger partial charge in [-0.15, -0.1) is 12.4 Å². The number of rotatable bonds is 10. The van der Waals surface area contributed by atoms with Gasteiger partial charge in [0.2, 0.25) is 11.7 Å². The van der Waals surface area contributed by atoms with Crippen LogP contribution in [-0.2, 0) is 24.3 Å². The van der Waals surface area contributed by atoms with Crippen molar-refractivity contribution in [2.75, 3.05) is 11.9 Å². The second-order valence-electron chi connectivity index (χ2n) is 7.41. The maximum Gasteiger partial charge on any atom is 0.342 e. The van der Waals surface area contributed by atoms with Crippen LogP contribution in [0.2, 0.25) is 10.2 Å². The first-order valence-corrected chi connectivity index (χ1v) is 11.1. The molecule has 0 aliphatic rings. The Morgan fingerprint density at radius 1 is 1.16 bits per heavy atom. The van der Waals surface area contributed by atoms with Gasteiger partial charge in [-0.2, -0.15) is 0 Å². The predicted octanol–water partition coefficient (Wildman–Crippen LogP) is -3.55. The molecule has 204 valence electrons. The molecule has 0 aliphatic carbocycles. The molecule has 2 aromatic heterocycles. The van der Waals surface area contributed by atoms with Crippen LogP contribution in [0.4, 0.5) is 14.6 Å². The molecule has 6 N–H and O–H groups in total. The third-order valence-corrected chi connectivity index (χ3v) is 5.42. The number of anilines is 1. The minimum Gasteiger partial charge on any atom is -1.00 e. The molecule has 8 nitrogen and oxygen atoms in total. The molecular weight excluding hydrogens is 596 g/mol. The van der Waals surface area contributed by atoms with Crippen LogP contribution in [0.15, 0.2) is 53.6 Å². The number of hydrogen-bond donors (Lipinski definition) is 4. The normalized spacial score (nSPS) is 11.0. The monoisotopic (exact) mass is 618 g/mol. The number of halogens is 7. The molecule has 0 radical (unpaired) electrons. The number of nitrogens with zero attached hydrogens (tertiary/aromatic N) is 1. The third kappa shape index (κ3) is 9.88. The molecule has 15 heteroatoms. The van der Waals surface area contributed by atoms with Gasteiger partial charge in [-0.1, -0.05) is 29.3 Å². The summed E-state index contributed by atoms with van der Waals surface area (Å²) in [7, 11) is 0. The molecule has 0 spiro atoms. The van der Waals surface area contributed by atoms with Gasteiger partial charge in [0.25, 0.3) is 12.3 Å². The summed E-state index contributed by atoms with van der Waals surface area (Å²) in [4.78, 5) is 30.3. The first-order valence-electron chi connectivity index (χ1n) is 10.4. The second-order valence-corrected chi connectivity index (χ2v) is 8.25. The minimum absolute atomic E-state index is 0. The van der Waals surface area contributed by atoms with Crippen LogP contribution in [0.1, 0.15) is 22.9 Å². The number of alkyl halides is 2. The average molecular weight is 621 g/mol. The molecule has 0 bridgehead atoms. The van der Waals surface area contributed by atoms with Crippen LogP contribution in [-0.4, -0.2) is 23.9 Å². The lowest BCUT2D eigenvalue weighted by Crippen LogP contribution is -3.00. The molecule has 0 aliphatic heterocycles. The fourth-order valence-corrected chi connectivity index (χ4v) is 3.79. The lowest BCUT2D eigenvalue weighted by Gasteiger charge is -2.13. The number of nitrogens with one attached hydrogen (secondary N) is 4. The Morgan fingerprint density at radius 3 is 2.51 bits per heavy atom. The first-order chi connectivity index (χ1) is 16.3. The molecule has 1 atom stereocenters. The van der Waals surface area contributed by atoms with Crippen LogP contribution in [0.25, 0.3) is 0 Å². The van der Waals surface area contributed by atoms with Gasteiger partial charge in [0.05, 0.1) is 0 Å². The third-order valence-electron chi connectivity index (χ3n) is 4.99. The number of pyridine rings is 1. The van der Waals surface area contributed by atoms with Crippen molar-refractivity contribution < 1.29 is 47.9 Å². The molecule has 0 saturated heterocycles. The van der Waals surface area contributed by atoms with Gasteiger partial charge in [0, 0.05) is 23.7 Å². The number of nitrogens with two attached hydrogens (primary N) is 1. The van der Waals surface area contributed by atoms with Crippen LogP contribution in [0.5, 0.6) is 0 Å². The van der Waals surface area contributed by atoms with Crippen molar-refractivity contribution in [2.45, 2.75) is 32.0 Å². The molecule has 1 amide bonds. The number of hydrogen-bond acceptors (Lipinski definition) is 4. The van der Waals surface area contributed by atoms with Crippen molar-refractivity contribution in [3.8, 4) is 0 Å². The number of amides is 1. The van der Waals surface area contributed by atoms with E-state index >= 15 is 0 Å². The molecule has 2 heterocycles. The lowest BCUT2D eigenvalue weighted by atomic mass is 10.0. The van der Waals surface area contributed by atoms with Gasteiger partial charge < -0.3 is 40.8 Å². The minimum atomic E-state index is -2.85. The van der Waals surface area contributed by atoms with E-state index in [-0.39, 0.29) is 67.0 Å². The number of H-pyrrole nitrogens is 2. The predicted molar refractivity (Wildman–Crippen MR) is 131 cm³/mol. The van der Waals surface area contributed by atoms with E-state index in [1.807, 2.05) is 6.07 Å². The number of aromatic nitrogens is 3. The number of benzene rings is 1. The summed E-state index contributed by atoms with van der Waals surface area (Å²) >= 11 is 12.0. The lowest BCUT2D eigenvalue weighted by molar-refractivity contribution is -0.671. The van der Waals surface area contributed by atoms with E-state index in [4.69, 9.17) is 28.9 Å². The maximum absolute atomic E-state index is 13.8. The van der Waals surface area contributed by atoms with Crippen molar-refractivity contribution in [1.29, 1.82) is 0 Å². The highest BCUT2D eigenvalue weighted by molar-refractivity contribution is 6.30. The Bertz CT molecular complexity index is 1200.